The molecule has 0 amide bonds. The fourth-order valence-electron chi connectivity index (χ4n) is 3.02. The van der Waals surface area contributed by atoms with E-state index in [1.165, 1.54) is 24.8 Å². The molecule has 1 fully saturated rings. The van der Waals surface area contributed by atoms with Crippen LogP contribution in [0.15, 0.2) is 18.2 Å². The van der Waals surface area contributed by atoms with Gasteiger partial charge in [0.2, 0.25) is 0 Å². The monoisotopic (exact) mass is 290 g/mol. The van der Waals surface area contributed by atoms with Gasteiger partial charge >= 0.3 is 0 Å². The van der Waals surface area contributed by atoms with Crippen molar-refractivity contribution < 1.29 is 9.47 Å². The second-order valence-corrected chi connectivity index (χ2v) is 6.12. The summed E-state index contributed by atoms with van der Waals surface area (Å²) in [5.41, 5.74) is 1.27. The number of nitrogens with one attached hydrogen (secondary N) is 1. The maximum Gasteiger partial charge on any atom is 0.161 e. The number of ether oxygens (including phenoxy) is 2. The van der Waals surface area contributed by atoms with E-state index in [4.69, 9.17) is 9.47 Å². The summed E-state index contributed by atoms with van der Waals surface area (Å²) in [6, 6.07) is 7.43. The number of likely N-dealkylation sites (N-methyl/N-ethyl adjacent to an activating group) is 2. The van der Waals surface area contributed by atoms with Crippen molar-refractivity contribution in [1.82, 2.24) is 10.2 Å². The van der Waals surface area contributed by atoms with Crippen LogP contribution in [0.1, 0.15) is 37.3 Å². The molecule has 0 radical (unpaired) electrons. The van der Waals surface area contributed by atoms with E-state index in [1.807, 2.05) is 13.1 Å². The van der Waals surface area contributed by atoms with E-state index in [0.29, 0.717) is 6.04 Å². The molecule has 1 saturated carbocycles. The Balaban J connectivity index is 1.72. The Morgan fingerprint density at radius 2 is 1.95 bits per heavy atom. The lowest BCUT2D eigenvalue weighted by Crippen LogP contribution is -2.41. The molecule has 3 rings (SSSR count). The first kappa shape index (κ1) is 14.7. The second kappa shape index (κ2) is 6.67. The van der Waals surface area contributed by atoms with Crippen LogP contribution in [0.5, 0.6) is 11.5 Å². The standard InChI is InChI=1S/C17H26N2O2/c1-18-15(12-19(2)14-5-3-6-14)13-7-8-16-17(11-13)21-10-4-9-20-16/h7-8,11,14-15,18H,3-6,9-10,12H2,1-2H3. The smallest absolute Gasteiger partial charge is 0.161 e. The summed E-state index contributed by atoms with van der Waals surface area (Å²) in [5.74, 6) is 1.76. The molecule has 0 saturated heterocycles. The van der Waals surface area contributed by atoms with Gasteiger partial charge in [-0.1, -0.05) is 12.5 Å². The zero-order chi connectivity index (χ0) is 14.7. The molecule has 21 heavy (non-hydrogen) atoms. The van der Waals surface area contributed by atoms with Crippen molar-refractivity contribution in [2.75, 3.05) is 33.9 Å². The molecule has 1 heterocycles. The summed E-state index contributed by atoms with van der Waals surface area (Å²) >= 11 is 0. The third-order valence-electron chi connectivity index (χ3n) is 4.69. The second-order valence-electron chi connectivity index (χ2n) is 6.12. The highest BCUT2D eigenvalue weighted by molar-refractivity contribution is 5.44. The van der Waals surface area contributed by atoms with Crippen molar-refractivity contribution in [2.24, 2.45) is 0 Å². The van der Waals surface area contributed by atoms with Gasteiger partial charge in [0.15, 0.2) is 11.5 Å². The molecule has 1 aromatic rings. The van der Waals surface area contributed by atoms with Crippen molar-refractivity contribution in [1.29, 1.82) is 0 Å². The third kappa shape index (κ3) is 3.33. The summed E-state index contributed by atoms with van der Waals surface area (Å²) < 4.78 is 11.5. The minimum Gasteiger partial charge on any atom is -0.490 e. The van der Waals surface area contributed by atoms with E-state index in [-0.39, 0.29) is 0 Å². The predicted octanol–water partition coefficient (Wildman–Crippen LogP) is 2.59. The highest BCUT2D eigenvalue weighted by atomic mass is 16.5. The molecule has 1 aliphatic heterocycles. The zero-order valence-electron chi connectivity index (χ0n) is 13.1. The molecule has 1 unspecified atom stereocenters. The number of hydrogen-bond donors (Lipinski definition) is 1. The Morgan fingerprint density at radius 3 is 2.62 bits per heavy atom. The molecule has 4 nitrogen and oxygen atoms in total. The molecular weight excluding hydrogens is 264 g/mol. The normalized spacial score (nSPS) is 20.0. The molecule has 1 aliphatic carbocycles. The zero-order valence-corrected chi connectivity index (χ0v) is 13.1. The van der Waals surface area contributed by atoms with E-state index in [2.05, 4.69) is 29.4 Å². The topological polar surface area (TPSA) is 33.7 Å². The van der Waals surface area contributed by atoms with Gasteiger partial charge in [0.05, 0.1) is 13.2 Å². The Kier molecular flexibility index (Phi) is 4.66. The summed E-state index contributed by atoms with van der Waals surface area (Å²) in [6.45, 7) is 2.51. The van der Waals surface area contributed by atoms with Crippen LogP contribution in [0.25, 0.3) is 0 Å². The molecule has 0 bridgehead atoms. The molecule has 1 N–H and O–H groups in total. The number of benzene rings is 1. The summed E-state index contributed by atoms with van der Waals surface area (Å²) in [4.78, 5) is 2.48. The first-order valence-corrected chi connectivity index (χ1v) is 8.05. The summed E-state index contributed by atoms with van der Waals surface area (Å²) in [5, 5.41) is 3.44. The minimum atomic E-state index is 0.327. The molecule has 1 aromatic carbocycles. The van der Waals surface area contributed by atoms with Gasteiger partial charge in [-0.05, 0) is 44.6 Å². The van der Waals surface area contributed by atoms with E-state index in [9.17, 15) is 0 Å². The van der Waals surface area contributed by atoms with Crippen LogP contribution < -0.4 is 14.8 Å². The molecular formula is C17H26N2O2. The van der Waals surface area contributed by atoms with Gasteiger partial charge < -0.3 is 19.7 Å². The van der Waals surface area contributed by atoms with Gasteiger partial charge in [-0.25, -0.2) is 0 Å². The number of rotatable bonds is 5. The van der Waals surface area contributed by atoms with E-state index in [1.54, 1.807) is 0 Å². The average molecular weight is 290 g/mol. The Labute approximate surface area is 127 Å². The number of fused-ring (bicyclic) bond motifs is 1. The maximum absolute atomic E-state index is 5.80. The van der Waals surface area contributed by atoms with Gasteiger partial charge in [0.25, 0.3) is 0 Å². The Bertz CT molecular complexity index is 474. The quantitative estimate of drug-likeness (QED) is 0.904. The molecule has 4 heteroatoms. The van der Waals surface area contributed by atoms with Crippen LogP contribution in [-0.2, 0) is 0 Å². The number of nitrogens with zero attached hydrogens (tertiary/aromatic N) is 1. The van der Waals surface area contributed by atoms with Crippen LogP contribution in [-0.4, -0.2) is 44.8 Å². The van der Waals surface area contributed by atoms with Gasteiger partial charge in [-0.15, -0.1) is 0 Å². The van der Waals surface area contributed by atoms with Gasteiger partial charge in [-0.2, -0.15) is 0 Å². The molecule has 1 atom stereocenters. The van der Waals surface area contributed by atoms with Crippen molar-refractivity contribution in [2.45, 2.75) is 37.8 Å². The van der Waals surface area contributed by atoms with Crippen molar-refractivity contribution in [3.63, 3.8) is 0 Å². The number of hydrogen-bond acceptors (Lipinski definition) is 4. The Hall–Kier alpha value is -1.26. The first-order valence-electron chi connectivity index (χ1n) is 8.05. The van der Waals surface area contributed by atoms with Crippen molar-refractivity contribution in [3.05, 3.63) is 23.8 Å². The van der Waals surface area contributed by atoms with Crippen LogP contribution in [0.3, 0.4) is 0 Å². The summed E-state index contributed by atoms with van der Waals surface area (Å²) in [7, 11) is 4.26. The van der Waals surface area contributed by atoms with E-state index < -0.39 is 0 Å². The van der Waals surface area contributed by atoms with Crippen LogP contribution in [0.2, 0.25) is 0 Å². The maximum atomic E-state index is 5.80. The molecule has 0 aromatic heterocycles. The molecule has 116 valence electrons. The van der Waals surface area contributed by atoms with Crippen LogP contribution >= 0.6 is 0 Å². The lowest BCUT2D eigenvalue weighted by molar-refractivity contribution is 0.146. The van der Waals surface area contributed by atoms with Crippen molar-refractivity contribution >= 4 is 0 Å². The molecule has 2 aliphatic rings. The minimum absolute atomic E-state index is 0.327. The van der Waals surface area contributed by atoms with Gasteiger partial charge in [-0.3, -0.25) is 0 Å². The van der Waals surface area contributed by atoms with Crippen LogP contribution in [0.4, 0.5) is 0 Å². The molecule has 0 spiro atoms. The van der Waals surface area contributed by atoms with Crippen LogP contribution in [0, 0.1) is 0 Å². The van der Waals surface area contributed by atoms with Gasteiger partial charge in [0.1, 0.15) is 0 Å². The van der Waals surface area contributed by atoms with Crippen molar-refractivity contribution in [3.8, 4) is 11.5 Å². The first-order chi connectivity index (χ1) is 10.3. The lowest BCUT2D eigenvalue weighted by atomic mass is 9.91. The van der Waals surface area contributed by atoms with E-state index in [0.717, 1.165) is 43.7 Å². The lowest BCUT2D eigenvalue weighted by Gasteiger charge is -2.37. The largest absolute Gasteiger partial charge is 0.490 e. The van der Waals surface area contributed by atoms with Gasteiger partial charge in [0, 0.05) is 25.0 Å². The summed E-state index contributed by atoms with van der Waals surface area (Å²) in [6.07, 6.45) is 5.01. The third-order valence-corrected chi connectivity index (χ3v) is 4.69. The predicted molar refractivity (Wildman–Crippen MR) is 84.1 cm³/mol. The highest BCUT2D eigenvalue weighted by Crippen LogP contribution is 2.33. The Morgan fingerprint density at radius 1 is 1.19 bits per heavy atom. The average Bonchev–Trinajstić information content (AvgIpc) is 2.67. The van der Waals surface area contributed by atoms with E-state index >= 15 is 0 Å². The SMILES string of the molecule is CNC(CN(C)C1CCC1)c1ccc2c(c1)OCCCO2. The fourth-order valence-corrected chi connectivity index (χ4v) is 3.02. The highest BCUT2D eigenvalue weighted by Gasteiger charge is 2.24. The fraction of sp³-hybridized carbons (Fsp3) is 0.647.